The highest BCUT2D eigenvalue weighted by Crippen LogP contribution is 2.15. The van der Waals surface area contributed by atoms with Crippen LogP contribution >= 0.6 is 0 Å². The number of ether oxygens (including phenoxy) is 1. The fourth-order valence-electron chi connectivity index (χ4n) is 2.17. The molecule has 0 fully saturated rings. The minimum atomic E-state index is -3.65. The second-order valence-electron chi connectivity index (χ2n) is 5.81. The van der Waals surface area contributed by atoms with Crippen LogP contribution in [0.3, 0.4) is 0 Å². The number of hydrogen-bond acceptors (Lipinski definition) is 4. The molecule has 0 unspecified atom stereocenters. The topological polar surface area (TPSA) is 72.5 Å². The highest BCUT2D eigenvalue weighted by Gasteiger charge is 2.17. The predicted molar refractivity (Wildman–Crippen MR) is 92.2 cm³/mol. The molecular formula is C18H21NO4S. The lowest BCUT2D eigenvalue weighted by Gasteiger charge is -2.11. The van der Waals surface area contributed by atoms with Crippen molar-refractivity contribution >= 4 is 16.0 Å². The Hall–Kier alpha value is -2.18. The molecule has 0 heterocycles. The Kier molecular flexibility index (Phi) is 5.75. The van der Waals surface area contributed by atoms with Gasteiger partial charge < -0.3 is 4.74 Å². The molecule has 0 spiro atoms. The van der Waals surface area contributed by atoms with Gasteiger partial charge in [-0.1, -0.05) is 30.3 Å². The normalized spacial score (nSPS) is 11.5. The smallest absolute Gasteiger partial charge is 0.338 e. The molecule has 0 saturated heterocycles. The Balaban J connectivity index is 2.13. The van der Waals surface area contributed by atoms with E-state index in [1.807, 2.05) is 31.2 Å². The van der Waals surface area contributed by atoms with Crippen LogP contribution in [0, 0.1) is 6.92 Å². The van der Waals surface area contributed by atoms with Gasteiger partial charge in [-0.3, -0.25) is 0 Å². The third-order valence-corrected chi connectivity index (χ3v) is 5.05. The van der Waals surface area contributed by atoms with Gasteiger partial charge in [0.15, 0.2) is 0 Å². The Morgan fingerprint density at radius 3 is 2.50 bits per heavy atom. The fraction of sp³-hybridized carbons (Fsp3) is 0.278. The summed E-state index contributed by atoms with van der Waals surface area (Å²) in [4.78, 5) is 12.2. The zero-order chi connectivity index (χ0) is 17.7. The first-order valence-electron chi connectivity index (χ1n) is 7.63. The minimum absolute atomic E-state index is 0.0431. The number of hydrogen-bond donors (Lipinski definition) is 1. The third kappa shape index (κ3) is 4.66. The first-order chi connectivity index (χ1) is 11.3. The van der Waals surface area contributed by atoms with Crippen molar-refractivity contribution in [3.8, 4) is 0 Å². The van der Waals surface area contributed by atoms with Crippen molar-refractivity contribution in [2.24, 2.45) is 0 Å². The maximum absolute atomic E-state index is 12.2. The van der Waals surface area contributed by atoms with E-state index in [0.29, 0.717) is 0 Å². The number of esters is 1. The summed E-state index contributed by atoms with van der Waals surface area (Å²) in [6, 6.07) is 13.2. The van der Waals surface area contributed by atoms with Gasteiger partial charge in [0.2, 0.25) is 10.0 Å². The van der Waals surface area contributed by atoms with Gasteiger partial charge in [-0.25, -0.2) is 17.9 Å². The molecule has 0 radical (unpaired) electrons. The fourth-order valence-corrected chi connectivity index (χ4v) is 3.46. The average molecular weight is 347 g/mol. The quantitative estimate of drug-likeness (QED) is 0.815. The van der Waals surface area contributed by atoms with Gasteiger partial charge in [0.1, 0.15) is 6.61 Å². The van der Waals surface area contributed by atoms with Gasteiger partial charge in [0.25, 0.3) is 0 Å². The summed E-state index contributed by atoms with van der Waals surface area (Å²) in [5, 5.41) is 0. The zero-order valence-electron chi connectivity index (χ0n) is 13.9. The molecule has 0 aliphatic heterocycles. The van der Waals surface area contributed by atoms with Crippen LogP contribution in [-0.4, -0.2) is 20.4 Å². The van der Waals surface area contributed by atoms with Gasteiger partial charge in [-0.15, -0.1) is 0 Å². The van der Waals surface area contributed by atoms with Crippen molar-refractivity contribution in [1.29, 1.82) is 0 Å². The number of rotatable bonds is 6. The maximum Gasteiger partial charge on any atom is 0.338 e. The Morgan fingerprint density at radius 1 is 1.12 bits per heavy atom. The van der Waals surface area contributed by atoms with Crippen molar-refractivity contribution in [3.63, 3.8) is 0 Å². The number of benzene rings is 2. The Labute approximate surface area is 142 Å². The van der Waals surface area contributed by atoms with Gasteiger partial charge in [0, 0.05) is 6.04 Å². The summed E-state index contributed by atoms with van der Waals surface area (Å²) in [5.41, 5.74) is 2.15. The molecule has 0 atom stereocenters. The summed E-state index contributed by atoms with van der Waals surface area (Å²) >= 11 is 0. The van der Waals surface area contributed by atoms with Crippen LogP contribution in [0.4, 0.5) is 0 Å². The molecule has 2 aromatic carbocycles. The van der Waals surface area contributed by atoms with Crippen molar-refractivity contribution in [1.82, 2.24) is 4.72 Å². The van der Waals surface area contributed by atoms with Gasteiger partial charge in [0.05, 0.1) is 10.5 Å². The van der Waals surface area contributed by atoms with Crippen LogP contribution in [0.5, 0.6) is 0 Å². The van der Waals surface area contributed by atoms with Crippen molar-refractivity contribution in [2.75, 3.05) is 0 Å². The lowest BCUT2D eigenvalue weighted by molar-refractivity contribution is 0.0472. The number of nitrogens with one attached hydrogen (secondary N) is 1. The molecule has 0 bridgehead atoms. The van der Waals surface area contributed by atoms with E-state index in [4.69, 9.17) is 4.74 Å². The molecule has 0 aliphatic carbocycles. The molecule has 1 N–H and O–H groups in total. The van der Waals surface area contributed by atoms with E-state index >= 15 is 0 Å². The van der Waals surface area contributed by atoms with Crippen LogP contribution in [0.15, 0.2) is 53.4 Å². The van der Waals surface area contributed by atoms with Gasteiger partial charge in [-0.2, -0.15) is 0 Å². The van der Waals surface area contributed by atoms with E-state index in [9.17, 15) is 13.2 Å². The minimum Gasteiger partial charge on any atom is -0.457 e. The zero-order valence-corrected chi connectivity index (χ0v) is 14.8. The third-order valence-electron chi connectivity index (χ3n) is 3.39. The summed E-state index contributed by atoms with van der Waals surface area (Å²) < 4.78 is 32.1. The largest absolute Gasteiger partial charge is 0.457 e. The van der Waals surface area contributed by atoms with Crippen LogP contribution in [0.1, 0.15) is 35.3 Å². The molecule has 128 valence electrons. The molecule has 0 amide bonds. The van der Waals surface area contributed by atoms with E-state index < -0.39 is 16.0 Å². The molecule has 0 saturated carbocycles. The first kappa shape index (κ1) is 18.2. The van der Waals surface area contributed by atoms with Crippen molar-refractivity contribution < 1.29 is 17.9 Å². The highest BCUT2D eigenvalue weighted by molar-refractivity contribution is 7.89. The molecule has 0 aliphatic rings. The Morgan fingerprint density at radius 2 is 1.83 bits per heavy atom. The average Bonchev–Trinajstić information content (AvgIpc) is 2.53. The second kappa shape index (κ2) is 7.59. The van der Waals surface area contributed by atoms with Gasteiger partial charge in [-0.05, 0) is 50.1 Å². The van der Waals surface area contributed by atoms with Gasteiger partial charge >= 0.3 is 5.97 Å². The van der Waals surface area contributed by atoms with Crippen LogP contribution in [0.25, 0.3) is 0 Å². The first-order valence-corrected chi connectivity index (χ1v) is 9.12. The standard InChI is InChI=1S/C18H21NO4S/c1-13(2)19-24(21,22)17-10-6-9-15(11-17)18(20)23-12-16-8-5-4-7-14(16)3/h4-11,13,19H,12H2,1-3H3. The summed E-state index contributed by atoms with van der Waals surface area (Å²) in [6.07, 6.45) is 0. The summed E-state index contributed by atoms with van der Waals surface area (Å²) in [7, 11) is -3.65. The SMILES string of the molecule is Cc1ccccc1COC(=O)c1cccc(S(=O)(=O)NC(C)C)c1. The number of carbonyl (C=O) groups excluding carboxylic acids is 1. The predicted octanol–water partition coefficient (Wildman–Crippen LogP) is 3.04. The molecule has 2 aromatic rings. The second-order valence-corrected chi connectivity index (χ2v) is 7.52. The van der Waals surface area contributed by atoms with Crippen LogP contribution < -0.4 is 4.72 Å². The number of sulfonamides is 1. The molecule has 2 rings (SSSR count). The van der Waals surface area contributed by atoms with Crippen molar-refractivity contribution in [3.05, 3.63) is 65.2 Å². The lowest BCUT2D eigenvalue weighted by Crippen LogP contribution is -2.30. The molecular weight excluding hydrogens is 326 g/mol. The van der Waals surface area contributed by atoms with E-state index in [2.05, 4.69) is 4.72 Å². The monoisotopic (exact) mass is 347 g/mol. The molecule has 24 heavy (non-hydrogen) atoms. The van der Waals surface area contributed by atoms with Crippen LogP contribution in [-0.2, 0) is 21.4 Å². The summed E-state index contributed by atoms with van der Waals surface area (Å²) in [6.45, 7) is 5.55. The maximum atomic E-state index is 12.2. The molecule has 5 nitrogen and oxygen atoms in total. The highest BCUT2D eigenvalue weighted by atomic mass is 32.2. The van der Waals surface area contributed by atoms with E-state index in [1.54, 1.807) is 13.8 Å². The lowest BCUT2D eigenvalue weighted by atomic mass is 10.1. The Bertz CT molecular complexity index is 828. The van der Waals surface area contributed by atoms with E-state index in [1.165, 1.54) is 24.3 Å². The van der Waals surface area contributed by atoms with Crippen LogP contribution in [0.2, 0.25) is 0 Å². The van der Waals surface area contributed by atoms with E-state index in [0.717, 1.165) is 11.1 Å². The summed E-state index contributed by atoms with van der Waals surface area (Å²) in [5.74, 6) is -0.556. The number of aryl methyl sites for hydroxylation is 1. The molecule has 6 heteroatoms. The van der Waals surface area contributed by atoms with Crippen molar-refractivity contribution in [2.45, 2.75) is 38.3 Å². The number of carbonyl (C=O) groups is 1. The van der Waals surface area contributed by atoms with E-state index in [-0.39, 0.29) is 23.1 Å². The molecule has 0 aromatic heterocycles.